The minimum atomic E-state index is -0.0376. The van der Waals surface area contributed by atoms with Crippen molar-refractivity contribution in [2.75, 3.05) is 5.32 Å². The maximum Gasteiger partial charge on any atom is 0.0606 e. The fourth-order valence-electron chi connectivity index (χ4n) is 4.26. The standard InChI is InChI=1S/C23H24N2/c1-5-9-15(10-6-2)22-23(3,4)20-19(25-22)14-13-17-16-11-7-8-12-18(16)24-21(17)20/h5-14,22,24-25H,1H2,2-4H3/b10-6-,15-9+. The summed E-state index contributed by atoms with van der Waals surface area (Å²) in [5.74, 6) is 0. The van der Waals surface area contributed by atoms with Gasteiger partial charge in [0.2, 0.25) is 0 Å². The number of benzene rings is 2. The predicted octanol–water partition coefficient (Wildman–Crippen LogP) is 6.08. The Morgan fingerprint density at radius 1 is 1.12 bits per heavy atom. The molecule has 0 radical (unpaired) electrons. The molecule has 1 aliphatic rings. The average Bonchev–Trinajstić information content (AvgIpc) is 3.09. The Morgan fingerprint density at radius 3 is 2.68 bits per heavy atom. The SMILES string of the molecule is C=C/C=C(\C=C/C)C1Nc2ccc3c([nH]c4ccccc43)c2C1(C)C. The van der Waals surface area contributed by atoms with Gasteiger partial charge in [0.05, 0.1) is 11.6 Å². The van der Waals surface area contributed by atoms with Gasteiger partial charge in [-0.15, -0.1) is 0 Å². The molecule has 4 rings (SSSR count). The fourth-order valence-corrected chi connectivity index (χ4v) is 4.26. The van der Waals surface area contributed by atoms with Crippen molar-refractivity contribution < 1.29 is 0 Å². The number of anilines is 1. The van der Waals surface area contributed by atoms with E-state index >= 15 is 0 Å². The summed E-state index contributed by atoms with van der Waals surface area (Å²) >= 11 is 0. The second-order valence-corrected chi connectivity index (χ2v) is 7.28. The summed E-state index contributed by atoms with van der Waals surface area (Å²) in [7, 11) is 0. The number of aromatic amines is 1. The molecule has 2 N–H and O–H groups in total. The van der Waals surface area contributed by atoms with Gasteiger partial charge >= 0.3 is 0 Å². The topological polar surface area (TPSA) is 27.8 Å². The molecule has 126 valence electrons. The number of nitrogens with one attached hydrogen (secondary N) is 2. The first kappa shape index (κ1) is 15.8. The van der Waals surface area contributed by atoms with Crippen molar-refractivity contribution >= 4 is 27.5 Å². The summed E-state index contributed by atoms with van der Waals surface area (Å²) in [5, 5.41) is 6.33. The minimum Gasteiger partial charge on any atom is -0.377 e. The molecule has 1 atom stereocenters. The van der Waals surface area contributed by atoms with Crippen LogP contribution in [0.25, 0.3) is 21.8 Å². The highest BCUT2D eigenvalue weighted by atomic mass is 15.0. The third-order valence-corrected chi connectivity index (χ3v) is 5.35. The molecule has 0 saturated heterocycles. The van der Waals surface area contributed by atoms with Crippen molar-refractivity contribution in [2.45, 2.75) is 32.2 Å². The summed E-state index contributed by atoms with van der Waals surface area (Å²) in [6.07, 6.45) is 8.24. The van der Waals surface area contributed by atoms with Crippen LogP contribution in [-0.4, -0.2) is 11.0 Å². The third kappa shape index (κ3) is 2.25. The van der Waals surface area contributed by atoms with Crippen LogP contribution in [-0.2, 0) is 5.41 Å². The molecule has 0 bridgehead atoms. The summed E-state index contributed by atoms with van der Waals surface area (Å²) in [6, 6.07) is 13.2. The van der Waals surface area contributed by atoms with Gasteiger partial charge in [-0.3, -0.25) is 0 Å². The van der Waals surface area contributed by atoms with E-state index in [1.54, 1.807) is 0 Å². The Kier molecular flexibility index (Phi) is 3.57. The Balaban J connectivity index is 1.96. The maximum atomic E-state index is 3.89. The van der Waals surface area contributed by atoms with E-state index in [4.69, 9.17) is 0 Å². The molecule has 1 unspecified atom stereocenters. The van der Waals surface area contributed by atoms with Gasteiger partial charge in [0.1, 0.15) is 0 Å². The third-order valence-electron chi connectivity index (χ3n) is 5.35. The zero-order valence-electron chi connectivity index (χ0n) is 15.1. The highest BCUT2D eigenvalue weighted by Crippen LogP contribution is 2.47. The summed E-state index contributed by atoms with van der Waals surface area (Å²) in [5.41, 5.74) is 6.24. The molecule has 0 spiro atoms. The Labute approximate surface area is 148 Å². The lowest BCUT2D eigenvalue weighted by atomic mass is 9.76. The monoisotopic (exact) mass is 328 g/mol. The first-order chi connectivity index (χ1) is 12.1. The second-order valence-electron chi connectivity index (χ2n) is 7.28. The number of allylic oxidation sites excluding steroid dienone is 3. The Hall–Kier alpha value is -2.74. The zero-order valence-corrected chi connectivity index (χ0v) is 15.1. The maximum absolute atomic E-state index is 3.89. The molecule has 1 aromatic heterocycles. The van der Waals surface area contributed by atoms with Crippen LogP contribution in [0.1, 0.15) is 26.3 Å². The van der Waals surface area contributed by atoms with Crippen molar-refractivity contribution in [2.24, 2.45) is 0 Å². The van der Waals surface area contributed by atoms with E-state index in [2.05, 4.69) is 92.3 Å². The number of hydrogen-bond acceptors (Lipinski definition) is 1. The summed E-state index contributed by atoms with van der Waals surface area (Å²) in [4.78, 5) is 3.66. The normalized spacial score (nSPS) is 19.5. The van der Waals surface area contributed by atoms with Crippen molar-refractivity contribution in [3.05, 3.63) is 78.4 Å². The van der Waals surface area contributed by atoms with Crippen LogP contribution in [0.4, 0.5) is 5.69 Å². The van der Waals surface area contributed by atoms with Gasteiger partial charge < -0.3 is 10.3 Å². The molecule has 3 aromatic rings. The Morgan fingerprint density at radius 2 is 1.92 bits per heavy atom. The van der Waals surface area contributed by atoms with Crippen LogP contribution < -0.4 is 5.32 Å². The first-order valence-electron chi connectivity index (χ1n) is 8.83. The Bertz CT molecular complexity index is 1030. The van der Waals surface area contributed by atoms with E-state index in [9.17, 15) is 0 Å². The van der Waals surface area contributed by atoms with Gasteiger partial charge in [-0.1, -0.05) is 69.0 Å². The molecule has 2 aromatic carbocycles. The van der Waals surface area contributed by atoms with E-state index in [1.165, 1.54) is 38.6 Å². The lowest BCUT2D eigenvalue weighted by Gasteiger charge is -2.29. The summed E-state index contributed by atoms with van der Waals surface area (Å²) in [6.45, 7) is 10.6. The van der Waals surface area contributed by atoms with Crippen LogP contribution in [0.15, 0.2) is 72.9 Å². The lowest BCUT2D eigenvalue weighted by molar-refractivity contribution is 0.510. The molecule has 2 heterocycles. The predicted molar refractivity (Wildman–Crippen MR) is 109 cm³/mol. The lowest BCUT2D eigenvalue weighted by Crippen LogP contribution is -2.34. The van der Waals surface area contributed by atoms with Crippen molar-refractivity contribution in [3.8, 4) is 0 Å². The van der Waals surface area contributed by atoms with Gasteiger partial charge in [-0.25, -0.2) is 0 Å². The number of H-pyrrole nitrogens is 1. The van der Waals surface area contributed by atoms with Crippen LogP contribution >= 0.6 is 0 Å². The van der Waals surface area contributed by atoms with Gasteiger partial charge in [-0.2, -0.15) is 0 Å². The van der Waals surface area contributed by atoms with Crippen LogP contribution in [0, 0.1) is 0 Å². The molecular formula is C23H24N2. The highest BCUT2D eigenvalue weighted by molar-refractivity contribution is 6.10. The van der Waals surface area contributed by atoms with Crippen molar-refractivity contribution in [1.82, 2.24) is 4.98 Å². The summed E-state index contributed by atoms with van der Waals surface area (Å²) < 4.78 is 0. The highest BCUT2D eigenvalue weighted by Gasteiger charge is 2.42. The van der Waals surface area contributed by atoms with Crippen LogP contribution in [0.5, 0.6) is 0 Å². The molecule has 2 nitrogen and oxygen atoms in total. The zero-order chi connectivity index (χ0) is 17.6. The molecule has 2 heteroatoms. The van der Waals surface area contributed by atoms with E-state index in [1.807, 2.05) is 6.08 Å². The molecule has 0 amide bonds. The van der Waals surface area contributed by atoms with Gasteiger partial charge in [0.25, 0.3) is 0 Å². The van der Waals surface area contributed by atoms with Crippen LogP contribution in [0.3, 0.4) is 0 Å². The van der Waals surface area contributed by atoms with E-state index in [0.29, 0.717) is 0 Å². The number of rotatable bonds is 3. The van der Waals surface area contributed by atoms with Crippen molar-refractivity contribution in [1.29, 1.82) is 0 Å². The minimum absolute atomic E-state index is 0.0376. The average molecular weight is 328 g/mol. The molecule has 25 heavy (non-hydrogen) atoms. The van der Waals surface area contributed by atoms with Gasteiger partial charge in [0.15, 0.2) is 0 Å². The van der Waals surface area contributed by atoms with Gasteiger partial charge in [-0.05, 0) is 24.6 Å². The molecule has 1 aliphatic heterocycles. The van der Waals surface area contributed by atoms with Crippen LogP contribution in [0.2, 0.25) is 0 Å². The van der Waals surface area contributed by atoms with Crippen molar-refractivity contribution in [3.63, 3.8) is 0 Å². The molecule has 0 saturated carbocycles. The quantitative estimate of drug-likeness (QED) is 0.560. The number of hydrogen-bond donors (Lipinski definition) is 2. The first-order valence-corrected chi connectivity index (χ1v) is 8.83. The van der Waals surface area contributed by atoms with E-state index in [-0.39, 0.29) is 11.5 Å². The number of fused-ring (bicyclic) bond motifs is 5. The molecular weight excluding hydrogens is 304 g/mol. The number of aromatic nitrogens is 1. The van der Waals surface area contributed by atoms with E-state index < -0.39 is 0 Å². The van der Waals surface area contributed by atoms with E-state index in [0.717, 1.165) is 0 Å². The smallest absolute Gasteiger partial charge is 0.0606 e. The molecule has 0 aliphatic carbocycles. The number of para-hydroxylation sites is 1. The molecule has 0 fully saturated rings. The largest absolute Gasteiger partial charge is 0.377 e. The van der Waals surface area contributed by atoms with Gasteiger partial charge in [0, 0.05) is 33.0 Å². The fraction of sp³-hybridized carbons (Fsp3) is 0.217. The second kappa shape index (κ2) is 5.66.